The summed E-state index contributed by atoms with van der Waals surface area (Å²) in [5.74, 6) is 3.06. The van der Waals surface area contributed by atoms with Gasteiger partial charge in [0.1, 0.15) is 12.4 Å². The van der Waals surface area contributed by atoms with E-state index in [0.29, 0.717) is 24.4 Å². The van der Waals surface area contributed by atoms with E-state index in [-0.39, 0.29) is 24.7 Å². The summed E-state index contributed by atoms with van der Waals surface area (Å²) in [7, 11) is 0. The summed E-state index contributed by atoms with van der Waals surface area (Å²) in [5.41, 5.74) is 0.621. The Morgan fingerprint density at radius 2 is 1.96 bits per heavy atom. The number of ether oxygens (including phenoxy) is 1. The van der Waals surface area contributed by atoms with Crippen molar-refractivity contribution < 1.29 is 14.6 Å². The minimum atomic E-state index is -0.258. The second-order valence-electron chi connectivity index (χ2n) is 5.51. The number of benzene rings is 1. The van der Waals surface area contributed by atoms with Gasteiger partial charge in [-0.25, -0.2) is 4.79 Å². The highest BCUT2D eigenvalue weighted by atomic mass is 16.5. The van der Waals surface area contributed by atoms with Crippen LogP contribution in [0.25, 0.3) is 0 Å². The molecule has 0 bridgehead atoms. The van der Waals surface area contributed by atoms with Gasteiger partial charge in [-0.05, 0) is 48.9 Å². The SMILES string of the molecule is C#CCOc1ccc(NC(=O)NCC(CC)(CC)CCO)cc1. The number of urea groups is 1. The number of carbonyl (C=O) groups is 1. The van der Waals surface area contributed by atoms with Crippen LogP contribution in [0.1, 0.15) is 33.1 Å². The Balaban J connectivity index is 2.51. The van der Waals surface area contributed by atoms with Crippen molar-refractivity contribution in [2.45, 2.75) is 33.1 Å². The second-order valence-corrected chi connectivity index (χ2v) is 5.51. The van der Waals surface area contributed by atoms with Crippen LogP contribution in [0.2, 0.25) is 0 Å². The van der Waals surface area contributed by atoms with Crippen molar-refractivity contribution in [1.29, 1.82) is 0 Å². The van der Waals surface area contributed by atoms with E-state index in [1.54, 1.807) is 24.3 Å². The number of hydrogen-bond donors (Lipinski definition) is 3. The van der Waals surface area contributed by atoms with E-state index in [4.69, 9.17) is 11.2 Å². The van der Waals surface area contributed by atoms with Crippen LogP contribution < -0.4 is 15.4 Å². The van der Waals surface area contributed by atoms with Crippen molar-refractivity contribution in [3.63, 3.8) is 0 Å². The molecule has 0 heterocycles. The molecule has 0 aromatic heterocycles. The van der Waals surface area contributed by atoms with E-state index in [1.807, 2.05) is 0 Å². The molecule has 0 saturated heterocycles. The Kier molecular flexibility index (Phi) is 8.00. The number of nitrogens with one attached hydrogen (secondary N) is 2. The molecule has 0 aliphatic rings. The number of hydrogen-bond acceptors (Lipinski definition) is 3. The quantitative estimate of drug-likeness (QED) is 0.613. The zero-order valence-electron chi connectivity index (χ0n) is 13.9. The summed E-state index contributed by atoms with van der Waals surface area (Å²) in [6.07, 6.45) is 7.63. The summed E-state index contributed by atoms with van der Waals surface area (Å²) >= 11 is 0. The number of aliphatic hydroxyl groups excluding tert-OH is 1. The van der Waals surface area contributed by atoms with E-state index in [1.165, 1.54) is 0 Å². The van der Waals surface area contributed by atoms with Gasteiger partial charge in [-0.3, -0.25) is 0 Å². The van der Waals surface area contributed by atoms with Crippen LogP contribution in [0.15, 0.2) is 24.3 Å². The highest BCUT2D eigenvalue weighted by molar-refractivity contribution is 5.89. The fourth-order valence-electron chi connectivity index (χ4n) is 2.38. The number of aliphatic hydroxyl groups is 1. The van der Waals surface area contributed by atoms with Gasteiger partial charge >= 0.3 is 6.03 Å². The molecule has 0 atom stereocenters. The Morgan fingerprint density at radius 1 is 1.30 bits per heavy atom. The fourth-order valence-corrected chi connectivity index (χ4v) is 2.38. The smallest absolute Gasteiger partial charge is 0.319 e. The third kappa shape index (κ3) is 6.21. The number of carbonyl (C=O) groups excluding carboxylic acids is 1. The van der Waals surface area contributed by atoms with Crippen LogP contribution in [0.4, 0.5) is 10.5 Å². The Hall–Kier alpha value is -2.19. The minimum Gasteiger partial charge on any atom is -0.481 e. The number of anilines is 1. The van der Waals surface area contributed by atoms with Gasteiger partial charge in [-0.2, -0.15) is 0 Å². The summed E-state index contributed by atoms with van der Waals surface area (Å²) in [4.78, 5) is 12.0. The Bertz CT molecular complexity index is 516. The van der Waals surface area contributed by atoms with Gasteiger partial charge < -0.3 is 20.5 Å². The molecule has 0 saturated carbocycles. The van der Waals surface area contributed by atoms with Crippen molar-refractivity contribution in [3.8, 4) is 18.1 Å². The van der Waals surface area contributed by atoms with Crippen molar-refractivity contribution in [3.05, 3.63) is 24.3 Å². The lowest BCUT2D eigenvalue weighted by Gasteiger charge is -2.31. The number of terminal acetylenes is 1. The van der Waals surface area contributed by atoms with Gasteiger partial charge in [0.15, 0.2) is 0 Å². The molecule has 2 amide bonds. The first-order valence-corrected chi connectivity index (χ1v) is 7.91. The topological polar surface area (TPSA) is 70.6 Å². The first kappa shape index (κ1) is 18.9. The van der Waals surface area contributed by atoms with Gasteiger partial charge in [0.25, 0.3) is 0 Å². The maximum absolute atomic E-state index is 12.0. The summed E-state index contributed by atoms with van der Waals surface area (Å²) < 4.78 is 5.28. The molecular weight excluding hydrogens is 292 g/mol. The minimum absolute atomic E-state index is 0.0565. The average molecular weight is 318 g/mol. The largest absolute Gasteiger partial charge is 0.481 e. The molecule has 0 aliphatic heterocycles. The molecule has 0 radical (unpaired) electrons. The summed E-state index contributed by atoms with van der Waals surface area (Å²) in [6.45, 7) is 5.04. The average Bonchev–Trinajstić information content (AvgIpc) is 2.58. The first-order chi connectivity index (χ1) is 11.1. The van der Waals surface area contributed by atoms with E-state index in [0.717, 1.165) is 12.8 Å². The zero-order chi connectivity index (χ0) is 17.1. The van der Waals surface area contributed by atoms with Gasteiger partial charge in [-0.15, -0.1) is 6.42 Å². The number of amides is 2. The lowest BCUT2D eigenvalue weighted by Crippen LogP contribution is -2.39. The van der Waals surface area contributed by atoms with Gasteiger partial charge in [0.2, 0.25) is 0 Å². The lowest BCUT2D eigenvalue weighted by atomic mass is 9.79. The Labute approximate surface area is 138 Å². The van der Waals surface area contributed by atoms with Crippen LogP contribution in [0, 0.1) is 17.8 Å². The third-order valence-electron chi connectivity index (χ3n) is 4.20. The van der Waals surface area contributed by atoms with Crippen LogP contribution in [-0.2, 0) is 0 Å². The maximum atomic E-state index is 12.0. The molecule has 5 nitrogen and oxygen atoms in total. The van der Waals surface area contributed by atoms with Crippen LogP contribution in [-0.4, -0.2) is 30.9 Å². The van der Waals surface area contributed by atoms with Gasteiger partial charge in [0, 0.05) is 18.8 Å². The van der Waals surface area contributed by atoms with Crippen molar-refractivity contribution in [1.82, 2.24) is 5.32 Å². The molecule has 23 heavy (non-hydrogen) atoms. The molecule has 3 N–H and O–H groups in total. The summed E-state index contributed by atoms with van der Waals surface area (Å²) in [5, 5.41) is 14.9. The monoisotopic (exact) mass is 318 g/mol. The van der Waals surface area contributed by atoms with E-state index >= 15 is 0 Å². The van der Waals surface area contributed by atoms with Crippen LogP contribution >= 0.6 is 0 Å². The molecule has 1 aromatic carbocycles. The van der Waals surface area contributed by atoms with Crippen LogP contribution in [0.3, 0.4) is 0 Å². The van der Waals surface area contributed by atoms with Crippen molar-refractivity contribution in [2.75, 3.05) is 25.1 Å². The number of rotatable bonds is 9. The summed E-state index contributed by atoms with van der Waals surface area (Å²) in [6, 6.07) is 6.76. The Morgan fingerprint density at radius 3 is 2.48 bits per heavy atom. The highest BCUT2D eigenvalue weighted by Crippen LogP contribution is 2.29. The van der Waals surface area contributed by atoms with Crippen molar-refractivity contribution >= 4 is 11.7 Å². The molecule has 1 rings (SSSR count). The second kappa shape index (κ2) is 9.75. The standard InChI is InChI=1S/C18H26N2O3/c1-4-13-23-16-9-7-15(8-10-16)20-17(22)19-14-18(5-2,6-3)11-12-21/h1,7-10,21H,5-6,11-14H2,2-3H3,(H2,19,20,22). The fraction of sp³-hybridized carbons (Fsp3) is 0.500. The molecule has 5 heteroatoms. The third-order valence-corrected chi connectivity index (χ3v) is 4.20. The lowest BCUT2D eigenvalue weighted by molar-refractivity contribution is 0.165. The molecule has 0 unspecified atom stereocenters. The molecule has 1 aromatic rings. The van der Waals surface area contributed by atoms with Gasteiger partial charge in [-0.1, -0.05) is 19.8 Å². The predicted octanol–water partition coefficient (Wildman–Crippen LogP) is 3.01. The van der Waals surface area contributed by atoms with Crippen molar-refractivity contribution in [2.24, 2.45) is 5.41 Å². The van der Waals surface area contributed by atoms with E-state index in [9.17, 15) is 9.90 Å². The van der Waals surface area contributed by atoms with Crippen LogP contribution in [0.5, 0.6) is 5.75 Å². The molecular formula is C18H26N2O3. The predicted molar refractivity (Wildman–Crippen MR) is 92.5 cm³/mol. The first-order valence-electron chi connectivity index (χ1n) is 7.91. The molecule has 0 aliphatic carbocycles. The molecule has 0 fully saturated rings. The highest BCUT2D eigenvalue weighted by Gasteiger charge is 2.26. The maximum Gasteiger partial charge on any atom is 0.319 e. The van der Waals surface area contributed by atoms with E-state index in [2.05, 4.69) is 30.4 Å². The molecule has 0 spiro atoms. The van der Waals surface area contributed by atoms with Gasteiger partial charge in [0.05, 0.1) is 0 Å². The molecule has 126 valence electrons. The normalized spacial score (nSPS) is 10.7. The zero-order valence-corrected chi connectivity index (χ0v) is 13.9. The van der Waals surface area contributed by atoms with E-state index < -0.39 is 0 Å².